The minimum absolute atomic E-state index is 0.228. The number of carbonyl (C=O) groups excluding carboxylic acids is 1. The summed E-state index contributed by atoms with van der Waals surface area (Å²) >= 11 is 6.04. The van der Waals surface area contributed by atoms with Gasteiger partial charge in [-0.1, -0.05) is 42.0 Å². The number of aldehydes is 1. The van der Waals surface area contributed by atoms with Crippen LogP contribution < -0.4 is 5.43 Å². The van der Waals surface area contributed by atoms with Gasteiger partial charge >= 0.3 is 0 Å². The molecule has 0 saturated carbocycles. The number of benzene rings is 2. The molecule has 1 aliphatic carbocycles. The second-order valence-electron chi connectivity index (χ2n) is 5.14. The molecule has 0 unspecified atom stereocenters. The monoisotopic (exact) mass is 335 g/mol. The fraction of sp³-hybridized carbons (Fsp3) is 0. The summed E-state index contributed by atoms with van der Waals surface area (Å²) < 4.78 is 0. The number of allylic oxidation sites excluding steroid dienone is 4. The molecule has 0 amide bonds. The molecule has 2 aromatic rings. The molecular weight excluding hydrogens is 322 g/mol. The van der Waals surface area contributed by atoms with Gasteiger partial charge in [0.2, 0.25) is 0 Å². The molecule has 0 fully saturated rings. The summed E-state index contributed by atoms with van der Waals surface area (Å²) in [7, 11) is 0. The molecule has 1 aliphatic rings. The van der Waals surface area contributed by atoms with Crippen LogP contribution in [0.25, 0.3) is 5.57 Å². The van der Waals surface area contributed by atoms with E-state index >= 15 is 0 Å². The lowest BCUT2D eigenvalue weighted by molar-refractivity contribution is 0.112. The van der Waals surface area contributed by atoms with Gasteiger partial charge in [-0.05, 0) is 42.0 Å². The van der Waals surface area contributed by atoms with E-state index in [9.17, 15) is 4.79 Å². The SMILES string of the molecule is N=C1C(c2cc(Cl)ccc2C=O)=CC=C/C1=N/Nc1ccccc1. The second kappa shape index (κ2) is 7.06. The summed E-state index contributed by atoms with van der Waals surface area (Å²) in [6.45, 7) is 0. The van der Waals surface area contributed by atoms with Gasteiger partial charge in [0.15, 0.2) is 6.29 Å². The smallest absolute Gasteiger partial charge is 0.150 e. The first-order valence-corrected chi connectivity index (χ1v) is 7.68. The quantitative estimate of drug-likeness (QED) is 0.487. The first kappa shape index (κ1) is 15.9. The van der Waals surface area contributed by atoms with E-state index in [2.05, 4.69) is 10.5 Å². The number of para-hydroxylation sites is 1. The van der Waals surface area contributed by atoms with E-state index in [0.29, 0.717) is 27.4 Å². The fourth-order valence-corrected chi connectivity index (χ4v) is 2.53. The maximum atomic E-state index is 11.3. The lowest BCUT2D eigenvalue weighted by Crippen LogP contribution is -2.17. The molecule has 2 aromatic carbocycles. The Balaban J connectivity index is 1.91. The molecule has 0 radical (unpaired) electrons. The highest BCUT2D eigenvalue weighted by atomic mass is 35.5. The van der Waals surface area contributed by atoms with Crippen molar-refractivity contribution < 1.29 is 4.79 Å². The zero-order valence-electron chi connectivity index (χ0n) is 12.7. The predicted molar refractivity (Wildman–Crippen MR) is 99.2 cm³/mol. The highest BCUT2D eigenvalue weighted by molar-refractivity contribution is 6.61. The van der Waals surface area contributed by atoms with E-state index in [1.165, 1.54) is 0 Å². The van der Waals surface area contributed by atoms with E-state index in [1.54, 1.807) is 36.4 Å². The molecule has 118 valence electrons. The number of anilines is 1. The molecule has 0 aliphatic heterocycles. The number of hydrazone groups is 1. The van der Waals surface area contributed by atoms with Gasteiger partial charge < -0.3 is 0 Å². The van der Waals surface area contributed by atoms with E-state index < -0.39 is 0 Å². The molecule has 0 bridgehead atoms. The van der Waals surface area contributed by atoms with E-state index in [-0.39, 0.29) is 5.71 Å². The molecule has 24 heavy (non-hydrogen) atoms. The maximum Gasteiger partial charge on any atom is 0.150 e. The summed E-state index contributed by atoms with van der Waals surface area (Å²) in [5.74, 6) is 0. The van der Waals surface area contributed by atoms with Gasteiger partial charge in [0, 0.05) is 16.2 Å². The maximum absolute atomic E-state index is 11.3. The van der Waals surface area contributed by atoms with Gasteiger partial charge in [-0.15, -0.1) is 0 Å². The largest absolute Gasteiger partial charge is 0.298 e. The van der Waals surface area contributed by atoms with Crippen LogP contribution in [0.15, 0.2) is 71.9 Å². The standard InChI is InChI=1S/C19H14ClN3O/c20-14-10-9-13(12-24)17(11-14)16-7-4-8-18(19(16)21)23-22-15-5-2-1-3-6-15/h1-12,21-22H/b21-19?,23-18-. The third-order valence-electron chi connectivity index (χ3n) is 3.55. The first-order chi connectivity index (χ1) is 11.7. The molecule has 0 spiro atoms. The topological polar surface area (TPSA) is 65.3 Å². The van der Waals surface area contributed by atoms with Crippen LogP contribution in [-0.2, 0) is 0 Å². The predicted octanol–water partition coefficient (Wildman–Crippen LogP) is 4.59. The van der Waals surface area contributed by atoms with E-state index in [0.717, 1.165) is 12.0 Å². The summed E-state index contributed by atoms with van der Waals surface area (Å²) in [4.78, 5) is 11.3. The molecule has 3 rings (SSSR count). The molecule has 0 atom stereocenters. The summed E-state index contributed by atoms with van der Waals surface area (Å²) in [5, 5.41) is 13.2. The third kappa shape index (κ3) is 3.34. The molecular formula is C19H14ClN3O. The van der Waals surface area contributed by atoms with Crippen LogP contribution in [0.5, 0.6) is 0 Å². The molecule has 2 N–H and O–H groups in total. The van der Waals surface area contributed by atoms with E-state index in [4.69, 9.17) is 17.0 Å². The van der Waals surface area contributed by atoms with Crippen molar-refractivity contribution in [2.24, 2.45) is 5.10 Å². The number of hydrogen-bond donors (Lipinski definition) is 2. The van der Waals surface area contributed by atoms with Crippen molar-refractivity contribution in [1.82, 2.24) is 0 Å². The lowest BCUT2D eigenvalue weighted by Gasteiger charge is -2.15. The molecule has 0 saturated heterocycles. The average molecular weight is 336 g/mol. The Kier molecular flexibility index (Phi) is 4.68. The average Bonchev–Trinajstić information content (AvgIpc) is 2.62. The summed E-state index contributed by atoms with van der Waals surface area (Å²) in [5.41, 5.74) is 6.19. The normalized spacial score (nSPS) is 15.3. The zero-order chi connectivity index (χ0) is 16.9. The van der Waals surface area contributed by atoms with Crippen molar-refractivity contribution >= 4 is 40.6 Å². The second-order valence-corrected chi connectivity index (χ2v) is 5.58. The van der Waals surface area contributed by atoms with Crippen molar-refractivity contribution in [2.75, 3.05) is 5.43 Å². The molecule has 5 heteroatoms. The number of halogens is 1. The van der Waals surface area contributed by atoms with Crippen LogP contribution in [0.1, 0.15) is 15.9 Å². The Labute approximate surface area is 144 Å². The van der Waals surface area contributed by atoms with Crippen molar-refractivity contribution in [3.05, 3.63) is 82.9 Å². The van der Waals surface area contributed by atoms with Crippen molar-refractivity contribution in [2.45, 2.75) is 0 Å². The number of nitrogens with zero attached hydrogens (tertiary/aromatic N) is 1. The van der Waals surface area contributed by atoms with Crippen LogP contribution in [0.2, 0.25) is 5.02 Å². The summed E-state index contributed by atoms with van der Waals surface area (Å²) in [6.07, 6.45) is 6.08. The number of rotatable bonds is 4. The Morgan fingerprint density at radius 1 is 1.12 bits per heavy atom. The van der Waals surface area contributed by atoms with Crippen LogP contribution in [-0.4, -0.2) is 17.7 Å². The highest BCUT2D eigenvalue weighted by Gasteiger charge is 2.18. The van der Waals surface area contributed by atoms with Gasteiger partial charge in [0.1, 0.15) is 5.71 Å². The molecule has 0 heterocycles. The van der Waals surface area contributed by atoms with E-state index in [1.807, 2.05) is 30.3 Å². The molecule has 0 aromatic heterocycles. The van der Waals surface area contributed by atoms with Gasteiger partial charge in [0.25, 0.3) is 0 Å². The van der Waals surface area contributed by atoms with Gasteiger partial charge in [0.05, 0.1) is 11.4 Å². The van der Waals surface area contributed by atoms with Gasteiger partial charge in [-0.3, -0.25) is 15.6 Å². The van der Waals surface area contributed by atoms with Crippen LogP contribution in [0.3, 0.4) is 0 Å². The Morgan fingerprint density at radius 3 is 2.67 bits per heavy atom. The Morgan fingerprint density at radius 2 is 1.92 bits per heavy atom. The van der Waals surface area contributed by atoms with Crippen LogP contribution >= 0.6 is 11.6 Å². The minimum atomic E-state index is 0.228. The third-order valence-corrected chi connectivity index (χ3v) is 3.79. The van der Waals surface area contributed by atoms with Crippen molar-refractivity contribution in [3.8, 4) is 0 Å². The number of nitrogens with one attached hydrogen (secondary N) is 2. The van der Waals surface area contributed by atoms with Gasteiger partial charge in [-0.2, -0.15) is 5.10 Å². The molecule has 4 nitrogen and oxygen atoms in total. The Bertz CT molecular complexity index is 883. The van der Waals surface area contributed by atoms with Crippen molar-refractivity contribution in [1.29, 1.82) is 5.41 Å². The highest BCUT2D eigenvalue weighted by Crippen LogP contribution is 2.26. The number of carbonyl (C=O) groups is 1. The van der Waals surface area contributed by atoms with Crippen LogP contribution in [0, 0.1) is 5.41 Å². The Hall–Kier alpha value is -2.98. The summed E-state index contributed by atoms with van der Waals surface area (Å²) in [6, 6.07) is 14.5. The zero-order valence-corrected chi connectivity index (χ0v) is 13.4. The number of hydrogen-bond acceptors (Lipinski definition) is 4. The minimum Gasteiger partial charge on any atom is -0.298 e. The lowest BCUT2D eigenvalue weighted by atomic mass is 9.91. The van der Waals surface area contributed by atoms with Crippen LogP contribution in [0.4, 0.5) is 5.69 Å². The van der Waals surface area contributed by atoms with Crippen molar-refractivity contribution in [3.63, 3.8) is 0 Å². The van der Waals surface area contributed by atoms with Gasteiger partial charge in [-0.25, -0.2) is 0 Å². The fourth-order valence-electron chi connectivity index (χ4n) is 2.36. The first-order valence-electron chi connectivity index (χ1n) is 7.30.